The fourth-order valence-electron chi connectivity index (χ4n) is 2.06. The molecule has 2 aromatic heterocycles. The summed E-state index contributed by atoms with van der Waals surface area (Å²) >= 11 is 1.80. The Bertz CT molecular complexity index is 556. The van der Waals surface area contributed by atoms with E-state index in [1.165, 1.54) is 10.7 Å². The molecule has 1 radical (unpaired) electrons. The standard InChI is InChI=1S/C11H11N2S.CHO2.Y/c1-7-6-14-10-5-3-4-9-12-8(2)11(7)13(9)10;2-1-3;/h3-7H,1-2H3;(H,2,3);/q2*-1;. The van der Waals surface area contributed by atoms with Gasteiger partial charge < -0.3 is 9.90 Å². The summed E-state index contributed by atoms with van der Waals surface area (Å²) in [5.41, 5.74) is 3.57. The van der Waals surface area contributed by atoms with Crippen molar-refractivity contribution >= 4 is 23.9 Å². The van der Waals surface area contributed by atoms with Gasteiger partial charge in [0.15, 0.2) is 0 Å². The van der Waals surface area contributed by atoms with Crippen LogP contribution in [0.5, 0.6) is 0 Å². The Morgan fingerprint density at radius 1 is 1.56 bits per heavy atom. The third-order valence-corrected chi connectivity index (χ3v) is 3.76. The molecule has 1 aliphatic heterocycles. The van der Waals surface area contributed by atoms with Crippen LogP contribution in [0.4, 0.5) is 0 Å². The Morgan fingerprint density at radius 3 is 2.89 bits per heavy atom. The molecule has 6 heteroatoms. The minimum Gasteiger partial charge on any atom is -0.665 e. The molecule has 0 aromatic carbocycles. The molecule has 0 bridgehead atoms. The molecule has 3 heterocycles. The first-order valence-corrected chi connectivity index (χ1v) is 6.06. The van der Waals surface area contributed by atoms with Crippen molar-refractivity contribution in [1.29, 1.82) is 0 Å². The number of hydrogen-bond donors (Lipinski definition) is 1. The van der Waals surface area contributed by atoms with Gasteiger partial charge in [0.05, 0.1) is 5.69 Å². The minimum atomic E-state index is 0. The Morgan fingerprint density at radius 2 is 2.22 bits per heavy atom. The molecule has 2 aromatic rings. The Balaban J connectivity index is 0.000000372. The van der Waals surface area contributed by atoms with Crippen molar-refractivity contribution in [2.75, 3.05) is 0 Å². The van der Waals surface area contributed by atoms with Crippen LogP contribution in [0.1, 0.15) is 24.2 Å². The number of hydrogen-bond acceptors (Lipinski definition) is 3. The van der Waals surface area contributed by atoms with Gasteiger partial charge in [0.2, 0.25) is 0 Å². The zero-order valence-corrected chi connectivity index (χ0v) is 13.8. The van der Waals surface area contributed by atoms with Crippen molar-refractivity contribution in [3.05, 3.63) is 35.3 Å². The van der Waals surface area contributed by atoms with E-state index in [2.05, 4.69) is 47.2 Å². The van der Waals surface area contributed by atoms with Gasteiger partial charge in [0.25, 0.3) is 0 Å². The predicted octanol–water partition coefficient (Wildman–Crippen LogP) is 2.62. The maximum Gasteiger partial charge on any atom is 0.137 e. The van der Waals surface area contributed by atoms with Crippen molar-refractivity contribution < 1.29 is 42.6 Å². The second-order valence-electron chi connectivity index (χ2n) is 3.77. The Hall–Kier alpha value is -0.386. The summed E-state index contributed by atoms with van der Waals surface area (Å²) in [4.78, 5) is 12.8. The summed E-state index contributed by atoms with van der Waals surface area (Å²) in [6.07, 6.45) is 0. The number of aliphatic hydroxyl groups excluding tert-OH is 1. The van der Waals surface area contributed by atoms with Crippen molar-refractivity contribution in [3.8, 4) is 0 Å². The second-order valence-corrected chi connectivity index (χ2v) is 4.70. The predicted molar refractivity (Wildman–Crippen MR) is 66.8 cm³/mol. The molecule has 0 spiro atoms. The first kappa shape index (κ1) is 15.7. The average Bonchev–Trinajstić information content (AvgIpc) is 2.63. The molecule has 1 aliphatic rings. The zero-order valence-electron chi connectivity index (χ0n) is 10.1. The van der Waals surface area contributed by atoms with Crippen LogP contribution < -0.4 is 0 Å². The molecule has 3 rings (SSSR count). The van der Waals surface area contributed by atoms with Crippen molar-refractivity contribution in [1.82, 2.24) is 9.38 Å². The van der Waals surface area contributed by atoms with E-state index in [1.54, 1.807) is 11.8 Å². The number of rotatable bonds is 0. The van der Waals surface area contributed by atoms with Gasteiger partial charge in [-0.05, 0) is 19.1 Å². The molecule has 1 N–H and O–H groups in total. The average molecular weight is 337 g/mol. The largest absolute Gasteiger partial charge is 0.665 e. The van der Waals surface area contributed by atoms with E-state index in [9.17, 15) is 0 Å². The van der Waals surface area contributed by atoms with Crippen LogP contribution in [0.25, 0.3) is 5.65 Å². The number of thioether (sulfide) groups is 1. The monoisotopic (exact) mass is 337 g/mol. The first-order chi connectivity index (χ1) is 8.19. The number of aryl methyl sites for hydroxylation is 1. The first-order valence-electron chi connectivity index (χ1n) is 5.18. The van der Waals surface area contributed by atoms with Crippen molar-refractivity contribution in [2.24, 2.45) is 0 Å². The van der Waals surface area contributed by atoms with Crippen molar-refractivity contribution in [3.63, 3.8) is 0 Å². The molecule has 0 fully saturated rings. The number of imidazole rings is 1. The van der Waals surface area contributed by atoms with Crippen molar-refractivity contribution in [2.45, 2.75) is 24.8 Å². The zero-order chi connectivity index (χ0) is 12.4. The number of nitrogens with zero attached hydrogens (tertiary/aromatic N) is 2. The summed E-state index contributed by atoms with van der Waals surface area (Å²) in [5, 5.41) is 8.04. The van der Waals surface area contributed by atoms with Crippen LogP contribution >= 0.6 is 11.8 Å². The molecule has 0 saturated carbocycles. The fraction of sp³-hybridized carbons (Fsp3) is 0.250. The van der Waals surface area contributed by atoms with E-state index in [1.807, 2.05) is 0 Å². The van der Waals surface area contributed by atoms with Gasteiger partial charge in [-0.2, -0.15) is 0 Å². The third kappa shape index (κ3) is 2.78. The van der Waals surface area contributed by atoms with Crippen LogP contribution in [-0.2, 0) is 37.5 Å². The molecule has 18 heavy (non-hydrogen) atoms. The molecular formula is C12H12N2O2SY-2. The second kappa shape index (κ2) is 6.69. The van der Waals surface area contributed by atoms with E-state index >= 15 is 0 Å². The summed E-state index contributed by atoms with van der Waals surface area (Å²) in [7, 11) is 0. The van der Waals surface area contributed by atoms with Crippen LogP contribution in [0, 0.1) is 12.7 Å². The third-order valence-electron chi connectivity index (χ3n) is 2.65. The van der Waals surface area contributed by atoms with Gasteiger partial charge in [-0.15, -0.1) is 5.92 Å². The van der Waals surface area contributed by atoms with Crippen LogP contribution in [0.15, 0.2) is 23.2 Å². The summed E-state index contributed by atoms with van der Waals surface area (Å²) in [5.74, 6) is 2.77. The SMILES string of the molecule is Cc1nc2cccc3n2c1C(C)[CH-]S3.O=[C-]O.[Y]. The van der Waals surface area contributed by atoms with Gasteiger partial charge in [0, 0.05) is 43.4 Å². The molecular weight excluding hydrogens is 325 g/mol. The van der Waals surface area contributed by atoms with Crippen LogP contribution in [0.3, 0.4) is 0 Å². The Kier molecular flexibility index (Phi) is 5.82. The fourth-order valence-corrected chi connectivity index (χ4v) is 2.99. The number of pyridine rings is 1. The molecule has 1 atom stereocenters. The topological polar surface area (TPSA) is 54.6 Å². The maximum absolute atomic E-state index is 8.24. The molecule has 0 saturated heterocycles. The smallest absolute Gasteiger partial charge is 0.137 e. The molecule has 93 valence electrons. The quantitative estimate of drug-likeness (QED) is 0.751. The summed E-state index contributed by atoms with van der Waals surface area (Å²) in [6.45, 7) is 4.81. The van der Waals surface area contributed by atoms with Gasteiger partial charge in [-0.3, -0.25) is 21.9 Å². The molecule has 1 unspecified atom stereocenters. The van der Waals surface area contributed by atoms with E-state index in [0.29, 0.717) is 12.4 Å². The normalized spacial score (nSPS) is 16.4. The van der Waals surface area contributed by atoms with E-state index in [4.69, 9.17) is 9.90 Å². The molecule has 0 aliphatic carbocycles. The van der Waals surface area contributed by atoms with Gasteiger partial charge in [0.1, 0.15) is 5.65 Å². The number of aromatic nitrogens is 2. The van der Waals surface area contributed by atoms with Crippen LogP contribution in [-0.4, -0.2) is 21.0 Å². The van der Waals surface area contributed by atoms with E-state index in [0.717, 1.165) is 11.3 Å². The minimum absolute atomic E-state index is 0. The maximum atomic E-state index is 8.24. The summed E-state index contributed by atoms with van der Waals surface area (Å²) < 4.78 is 2.27. The van der Waals surface area contributed by atoms with Gasteiger partial charge in [-0.25, -0.2) is 4.98 Å². The van der Waals surface area contributed by atoms with Crippen LogP contribution in [0.2, 0.25) is 0 Å². The Labute approximate surface area is 135 Å². The molecule has 0 amide bonds. The molecule has 4 nitrogen and oxygen atoms in total. The van der Waals surface area contributed by atoms with Gasteiger partial charge >= 0.3 is 0 Å². The van der Waals surface area contributed by atoms with E-state index in [-0.39, 0.29) is 32.7 Å². The van der Waals surface area contributed by atoms with E-state index < -0.39 is 0 Å². The van der Waals surface area contributed by atoms with Gasteiger partial charge in [-0.1, -0.05) is 19.5 Å². The summed E-state index contributed by atoms with van der Waals surface area (Å²) in [6, 6.07) is 6.28.